The van der Waals surface area contributed by atoms with Crippen molar-refractivity contribution in [2.24, 2.45) is 0 Å². The summed E-state index contributed by atoms with van der Waals surface area (Å²) < 4.78 is 5.39. The molecule has 0 unspecified atom stereocenters. The summed E-state index contributed by atoms with van der Waals surface area (Å²) in [5.74, 6) is 0. The summed E-state index contributed by atoms with van der Waals surface area (Å²) >= 11 is 0. The van der Waals surface area contributed by atoms with Crippen molar-refractivity contribution in [1.29, 1.82) is 0 Å². The topological polar surface area (TPSA) is 25.4 Å². The van der Waals surface area contributed by atoms with Gasteiger partial charge in [-0.3, -0.25) is 4.98 Å². The number of morpholine rings is 1. The third-order valence-electron chi connectivity index (χ3n) is 3.79. The van der Waals surface area contributed by atoms with Gasteiger partial charge in [0, 0.05) is 31.2 Å². The van der Waals surface area contributed by atoms with Crippen molar-refractivity contribution in [3.05, 3.63) is 59.4 Å². The molecule has 0 aliphatic carbocycles. The van der Waals surface area contributed by atoms with Crippen LogP contribution in [0.1, 0.15) is 16.7 Å². The lowest BCUT2D eigenvalue weighted by molar-refractivity contribution is 0.122. The number of aromatic nitrogens is 1. The highest BCUT2D eigenvalue weighted by Crippen LogP contribution is 2.18. The Morgan fingerprint density at radius 2 is 1.81 bits per heavy atom. The van der Waals surface area contributed by atoms with Crippen molar-refractivity contribution in [2.45, 2.75) is 6.92 Å². The smallest absolute Gasteiger partial charge is 0.0642 e. The lowest BCUT2D eigenvalue weighted by Gasteiger charge is -2.28. The van der Waals surface area contributed by atoms with Crippen LogP contribution in [0.2, 0.25) is 0 Å². The van der Waals surface area contributed by atoms with Gasteiger partial charge in [-0.2, -0.15) is 0 Å². The van der Waals surface area contributed by atoms with E-state index in [1.54, 1.807) is 0 Å². The fourth-order valence-corrected chi connectivity index (χ4v) is 2.47. The minimum absolute atomic E-state index is 0.822. The number of nitrogens with zero attached hydrogens (tertiary/aromatic N) is 2. The van der Waals surface area contributed by atoms with Gasteiger partial charge in [-0.05, 0) is 41.8 Å². The van der Waals surface area contributed by atoms with E-state index in [0.717, 1.165) is 26.3 Å². The standard InChI is InChI=1S/C18H20N2O/c1-15-14-19-9-8-17(15)5-2-16-3-6-18(7-4-16)20-10-12-21-13-11-20/h2-9,14H,10-13H2,1H3/b5-2+. The fraction of sp³-hybridized carbons (Fsp3) is 0.278. The van der Waals surface area contributed by atoms with Crippen LogP contribution >= 0.6 is 0 Å². The second-order valence-electron chi connectivity index (χ2n) is 5.26. The molecule has 1 fully saturated rings. The zero-order valence-electron chi connectivity index (χ0n) is 12.3. The zero-order chi connectivity index (χ0) is 14.5. The van der Waals surface area contributed by atoms with E-state index in [9.17, 15) is 0 Å². The largest absolute Gasteiger partial charge is 0.378 e. The Morgan fingerprint density at radius 1 is 1.05 bits per heavy atom. The number of hydrogen-bond donors (Lipinski definition) is 0. The lowest BCUT2D eigenvalue weighted by Crippen LogP contribution is -2.36. The molecule has 0 radical (unpaired) electrons. The minimum atomic E-state index is 0.822. The van der Waals surface area contributed by atoms with E-state index in [1.165, 1.54) is 22.4 Å². The van der Waals surface area contributed by atoms with Gasteiger partial charge in [0.25, 0.3) is 0 Å². The molecule has 0 N–H and O–H groups in total. The van der Waals surface area contributed by atoms with Crippen molar-refractivity contribution < 1.29 is 4.74 Å². The molecule has 0 saturated carbocycles. The molecule has 1 aliphatic rings. The quantitative estimate of drug-likeness (QED) is 0.861. The summed E-state index contributed by atoms with van der Waals surface area (Å²) in [4.78, 5) is 6.48. The molecular weight excluding hydrogens is 260 g/mol. The van der Waals surface area contributed by atoms with Crippen LogP contribution in [0.25, 0.3) is 12.2 Å². The normalized spacial score (nSPS) is 15.6. The van der Waals surface area contributed by atoms with Crippen LogP contribution in [0.5, 0.6) is 0 Å². The van der Waals surface area contributed by atoms with Crippen molar-refractivity contribution in [3.63, 3.8) is 0 Å². The molecule has 0 bridgehead atoms. The summed E-state index contributed by atoms with van der Waals surface area (Å²) in [6, 6.07) is 10.7. The van der Waals surface area contributed by atoms with Crippen LogP contribution in [-0.2, 0) is 4.74 Å². The number of rotatable bonds is 3. The Balaban J connectivity index is 1.71. The number of hydrogen-bond acceptors (Lipinski definition) is 3. The Bertz CT molecular complexity index is 613. The predicted molar refractivity (Wildman–Crippen MR) is 87.4 cm³/mol. The van der Waals surface area contributed by atoms with Crippen molar-refractivity contribution in [3.8, 4) is 0 Å². The average Bonchev–Trinajstić information content (AvgIpc) is 2.55. The van der Waals surface area contributed by atoms with Gasteiger partial charge in [-0.25, -0.2) is 0 Å². The molecule has 3 nitrogen and oxygen atoms in total. The van der Waals surface area contributed by atoms with Gasteiger partial charge in [0.05, 0.1) is 13.2 Å². The third kappa shape index (κ3) is 3.50. The first-order valence-corrected chi connectivity index (χ1v) is 7.34. The fourth-order valence-electron chi connectivity index (χ4n) is 2.47. The Labute approximate surface area is 125 Å². The molecule has 0 amide bonds. The maximum atomic E-state index is 5.39. The Kier molecular flexibility index (Phi) is 4.31. The van der Waals surface area contributed by atoms with Gasteiger partial charge in [-0.15, -0.1) is 0 Å². The Hall–Kier alpha value is -2.13. The van der Waals surface area contributed by atoms with E-state index >= 15 is 0 Å². The number of pyridine rings is 1. The van der Waals surface area contributed by atoms with Gasteiger partial charge in [-0.1, -0.05) is 24.3 Å². The van der Waals surface area contributed by atoms with E-state index in [4.69, 9.17) is 4.74 Å². The molecule has 1 aromatic carbocycles. The summed E-state index contributed by atoms with van der Waals surface area (Å²) in [5.41, 5.74) is 4.89. The molecule has 1 saturated heterocycles. The molecular formula is C18H20N2O. The summed E-state index contributed by atoms with van der Waals surface area (Å²) in [5, 5.41) is 0. The average molecular weight is 280 g/mol. The lowest BCUT2D eigenvalue weighted by atomic mass is 10.1. The van der Waals surface area contributed by atoms with E-state index in [-0.39, 0.29) is 0 Å². The molecule has 1 aliphatic heterocycles. The molecule has 2 aromatic rings. The monoisotopic (exact) mass is 280 g/mol. The van der Waals surface area contributed by atoms with E-state index in [0.29, 0.717) is 0 Å². The highest BCUT2D eigenvalue weighted by Gasteiger charge is 2.10. The van der Waals surface area contributed by atoms with Crippen LogP contribution < -0.4 is 4.90 Å². The second kappa shape index (κ2) is 6.55. The van der Waals surface area contributed by atoms with Crippen molar-refractivity contribution >= 4 is 17.8 Å². The highest BCUT2D eigenvalue weighted by molar-refractivity contribution is 5.71. The first-order valence-electron chi connectivity index (χ1n) is 7.34. The van der Waals surface area contributed by atoms with Crippen LogP contribution in [0.4, 0.5) is 5.69 Å². The molecule has 1 aromatic heterocycles. The van der Waals surface area contributed by atoms with Crippen molar-refractivity contribution in [1.82, 2.24) is 4.98 Å². The second-order valence-corrected chi connectivity index (χ2v) is 5.26. The van der Waals surface area contributed by atoms with Gasteiger partial charge >= 0.3 is 0 Å². The molecule has 108 valence electrons. The molecule has 3 heteroatoms. The first kappa shape index (κ1) is 13.8. The van der Waals surface area contributed by atoms with Crippen molar-refractivity contribution in [2.75, 3.05) is 31.2 Å². The molecule has 21 heavy (non-hydrogen) atoms. The SMILES string of the molecule is Cc1cnccc1/C=C/c1ccc(N2CCOCC2)cc1. The predicted octanol–water partition coefficient (Wildman–Crippen LogP) is 3.40. The number of aryl methyl sites for hydroxylation is 1. The Morgan fingerprint density at radius 3 is 2.52 bits per heavy atom. The number of ether oxygens (including phenoxy) is 1. The van der Waals surface area contributed by atoms with E-state index in [1.807, 2.05) is 18.5 Å². The van der Waals surface area contributed by atoms with E-state index in [2.05, 4.69) is 53.2 Å². The minimum Gasteiger partial charge on any atom is -0.378 e. The highest BCUT2D eigenvalue weighted by atomic mass is 16.5. The molecule has 2 heterocycles. The molecule has 0 atom stereocenters. The summed E-state index contributed by atoms with van der Waals surface area (Å²) in [6.45, 7) is 5.68. The molecule has 3 rings (SSSR count). The van der Waals surface area contributed by atoms with Gasteiger partial charge < -0.3 is 9.64 Å². The molecule has 0 spiro atoms. The van der Waals surface area contributed by atoms with Crippen LogP contribution in [0, 0.1) is 6.92 Å². The van der Waals surface area contributed by atoms with Gasteiger partial charge in [0.15, 0.2) is 0 Å². The maximum absolute atomic E-state index is 5.39. The third-order valence-corrected chi connectivity index (χ3v) is 3.79. The van der Waals surface area contributed by atoms with E-state index < -0.39 is 0 Å². The van der Waals surface area contributed by atoms with Crippen LogP contribution in [0.15, 0.2) is 42.7 Å². The van der Waals surface area contributed by atoms with Crippen LogP contribution in [0.3, 0.4) is 0 Å². The van der Waals surface area contributed by atoms with Gasteiger partial charge in [0.1, 0.15) is 0 Å². The van der Waals surface area contributed by atoms with Gasteiger partial charge in [0.2, 0.25) is 0 Å². The number of anilines is 1. The van der Waals surface area contributed by atoms with Crippen LogP contribution in [-0.4, -0.2) is 31.3 Å². The number of benzene rings is 1. The summed E-state index contributed by atoms with van der Waals surface area (Å²) in [7, 11) is 0. The zero-order valence-corrected chi connectivity index (χ0v) is 12.3. The first-order chi connectivity index (χ1) is 10.3. The maximum Gasteiger partial charge on any atom is 0.0642 e. The summed E-state index contributed by atoms with van der Waals surface area (Å²) in [6.07, 6.45) is 8.00.